The number of halogens is 3. The Morgan fingerprint density at radius 3 is 2.39 bits per heavy atom. The first kappa shape index (κ1) is 21.2. The van der Waals surface area contributed by atoms with E-state index in [1.807, 2.05) is 24.3 Å². The van der Waals surface area contributed by atoms with Gasteiger partial charge in [0.25, 0.3) is 0 Å². The Morgan fingerprint density at radius 2 is 1.71 bits per heavy atom. The number of urea groups is 1. The van der Waals surface area contributed by atoms with Crippen molar-refractivity contribution in [3.8, 4) is 17.2 Å². The highest BCUT2D eigenvalue weighted by atomic mass is 19.4. The van der Waals surface area contributed by atoms with Crippen LogP contribution in [-0.2, 0) is 6.42 Å². The fourth-order valence-electron chi connectivity index (χ4n) is 2.42. The molecule has 152 valence electrons. The zero-order chi connectivity index (χ0) is 20.6. The largest absolute Gasteiger partial charge is 0.496 e. The predicted octanol–water partition coefficient (Wildman–Crippen LogP) is 4.01. The lowest BCUT2D eigenvalue weighted by Gasteiger charge is -2.14. The molecular formula is C19H21F3N2O4. The second-order valence-corrected chi connectivity index (χ2v) is 5.71. The van der Waals surface area contributed by atoms with Crippen molar-refractivity contribution in [1.29, 1.82) is 0 Å². The number of nitrogens with one attached hydrogen (secondary N) is 2. The van der Waals surface area contributed by atoms with Gasteiger partial charge in [-0.3, -0.25) is 0 Å². The van der Waals surface area contributed by atoms with Gasteiger partial charge in [-0.1, -0.05) is 18.2 Å². The Kier molecular flexibility index (Phi) is 7.36. The first-order valence-corrected chi connectivity index (χ1v) is 8.36. The Labute approximate surface area is 160 Å². The highest BCUT2D eigenvalue weighted by Gasteiger charge is 2.29. The molecule has 0 spiro atoms. The molecular weight excluding hydrogens is 377 g/mol. The second kappa shape index (κ2) is 9.72. The van der Waals surface area contributed by atoms with Gasteiger partial charge < -0.3 is 24.8 Å². The molecule has 0 saturated carbocycles. The first-order valence-electron chi connectivity index (χ1n) is 8.36. The fraction of sp³-hybridized carbons (Fsp3) is 0.316. The van der Waals surface area contributed by atoms with Gasteiger partial charge in [0.1, 0.15) is 5.75 Å². The third kappa shape index (κ3) is 6.57. The van der Waals surface area contributed by atoms with Gasteiger partial charge in [0, 0.05) is 18.3 Å². The van der Waals surface area contributed by atoms with Crippen molar-refractivity contribution in [2.24, 2.45) is 0 Å². The summed E-state index contributed by atoms with van der Waals surface area (Å²) in [7, 11) is 2.88. The maximum absolute atomic E-state index is 12.4. The third-order valence-electron chi connectivity index (χ3n) is 3.69. The van der Waals surface area contributed by atoms with Gasteiger partial charge in [-0.05, 0) is 30.2 Å². The van der Waals surface area contributed by atoms with Crippen LogP contribution in [0.5, 0.6) is 17.2 Å². The van der Waals surface area contributed by atoms with Crippen molar-refractivity contribution in [3.63, 3.8) is 0 Å². The van der Waals surface area contributed by atoms with Gasteiger partial charge in [-0.15, -0.1) is 0 Å². The molecule has 0 saturated heterocycles. The molecule has 9 heteroatoms. The number of benzene rings is 2. The van der Waals surface area contributed by atoms with Crippen molar-refractivity contribution >= 4 is 11.7 Å². The van der Waals surface area contributed by atoms with Gasteiger partial charge in [0.05, 0.1) is 14.2 Å². The number of rotatable bonds is 8. The van der Waals surface area contributed by atoms with Crippen molar-refractivity contribution in [3.05, 3.63) is 48.0 Å². The maximum Gasteiger partial charge on any atom is 0.422 e. The van der Waals surface area contributed by atoms with E-state index >= 15 is 0 Å². The molecule has 0 aliphatic heterocycles. The smallest absolute Gasteiger partial charge is 0.422 e. The zero-order valence-corrected chi connectivity index (χ0v) is 15.4. The highest BCUT2D eigenvalue weighted by Crippen LogP contribution is 2.31. The average molecular weight is 398 g/mol. The Hall–Kier alpha value is -3.10. The minimum absolute atomic E-state index is 0.119. The number of hydrogen-bond donors (Lipinski definition) is 2. The minimum atomic E-state index is -4.48. The van der Waals surface area contributed by atoms with Crippen LogP contribution in [0.15, 0.2) is 42.5 Å². The van der Waals surface area contributed by atoms with Crippen molar-refractivity contribution in [2.75, 3.05) is 32.7 Å². The van der Waals surface area contributed by atoms with Crippen molar-refractivity contribution < 1.29 is 32.2 Å². The number of carbonyl (C=O) groups is 1. The number of methoxy groups -OCH3 is 2. The van der Waals surface area contributed by atoms with E-state index in [4.69, 9.17) is 14.2 Å². The summed E-state index contributed by atoms with van der Waals surface area (Å²) in [4.78, 5) is 12.0. The van der Waals surface area contributed by atoms with Crippen LogP contribution in [0.4, 0.5) is 23.7 Å². The summed E-state index contributed by atoms with van der Waals surface area (Å²) in [6, 6.07) is 11.1. The molecule has 0 aliphatic rings. The van der Waals surface area contributed by atoms with E-state index in [0.717, 1.165) is 11.3 Å². The SMILES string of the molecule is COc1ccccc1CCNC(=O)Nc1ccc(OC)c(OCC(F)(F)F)c1. The number of alkyl halides is 3. The standard InChI is InChI=1S/C19H21F3N2O4/c1-26-15-6-4-3-5-13(15)9-10-23-18(25)24-14-7-8-16(27-2)17(11-14)28-12-19(20,21)22/h3-8,11H,9-10,12H2,1-2H3,(H2,23,24,25). The number of ether oxygens (including phenoxy) is 3. The average Bonchev–Trinajstić information content (AvgIpc) is 2.66. The Bertz CT molecular complexity index is 797. The molecule has 2 N–H and O–H groups in total. The Balaban J connectivity index is 1.92. The number of para-hydroxylation sites is 1. The highest BCUT2D eigenvalue weighted by molar-refractivity contribution is 5.89. The van der Waals surface area contributed by atoms with Gasteiger partial charge >= 0.3 is 12.2 Å². The van der Waals surface area contributed by atoms with Crippen LogP contribution in [0.2, 0.25) is 0 Å². The zero-order valence-electron chi connectivity index (χ0n) is 15.4. The summed E-state index contributed by atoms with van der Waals surface area (Å²) in [5, 5.41) is 5.23. The molecule has 2 aromatic carbocycles. The van der Waals surface area contributed by atoms with E-state index in [1.165, 1.54) is 25.3 Å². The molecule has 0 aromatic heterocycles. The number of anilines is 1. The molecule has 6 nitrogen and oxygen atoms in total. The summed E-state index contributed by atoms with van der Waals surface area (Å²) in [6.07, 6.45) is -3.93. The summed E-state index contributed by atoms with van der Waals surface area (Å²) < 4.78 is 52.1. The summed E-state index contributed by atoms with van der Waals surface area (Å²) in [6.45, 7) is -1.11. The summed E-state index contributed by atoms with van der Waals surface area (Å²) in [5.41, 5.74) is 1.21. The van der Waals surface area contributed by atoms with Gasteiger partial charge in [0.2, 0.25) is 0 Å². The quantitative estimate of drug-likeness (QED) is 0.705. The maximum atomic E-state index is 12.4. The molecule has 2 aromatic rings. The van der Waals surface area contributed by atoms with Crippen LogP contribution in [0.25, 0.3) is 0 Å². The second-order valence-electron chi connectivity index (χ2n) is 5.71. The van der Waals surface area contributed by atoms with E-state index in [2.05, 4.69) is 10.6 Å². The van der Waals surface area contributed by atoms with E-state index in [-0.39, 0.29) is 17.2 Å². The van der Waals surface area contributed by atoms with Crippen molar-refractivity contribution in [2.45, 2.75) is 12.6 Å². The fourth-order valence-corrected chi connectivity index (χ4v) is 2.42. The predicted molar refractivity (Wildman–Crippen MR) is 98.3 cm³/mol. The molecule has 2 rings (SSSR count). The number of carbonyl (C=O) groups excluding carboxylic acids is 1. The summed E-state index contributed by atoms with van der Waals surface area (Å²) >= 11 is 0. The van der Waals surface area contributed by atoms with Gasteiger partial charge in [0.15, 0.2) is 18.1 Å². The monoisotopic (exact) mass is 398 g/mol. The first-order chi connectivity index (χ1) is 13.3. The molecule has 0 aliphatic carbocycles. The van der Waals surface area contributed by atoms with Crippen LogP contribution < -0.4 is 24.8 Å². The Morgan fingerprint density at radius 1 is 1.00 bits per heavy atom. The van der Waals surface area contributed by atoms with E-state index in [0.29, 0.717) is 13.0 Å². The summed E-state index contributed by atoms with van der Waals surface area (Å²) in [5.74, 6) is 0.740. The molecule has 2 amide bonds. The lowest BCUT2D eigenvalue weighted by molar-refractivity contribution is -0.153. The lowest BCUT2D eigenvalue weighted by atomic mass is 10.1. The van der Waals surface area contributed by atoms with Gasteiger partial charge in [-0.25, -0.2) is 4.79 Å². The van der Waals surface area contributed by atoms with Crippen LogP contribution in [0.3, 0.4) is 0 Å². The van der Waals surface area contributed by atoms with E-state index < -0.39 is 18.8 Å². The van der Waals surface area contributed by atoms with Crippen LogP contribution in [0.1, 0.15) is 5.56 Å². The lowest BCUT2D eigenvalue weighted by Crippen LogP contribution is -2.30. The number of hydrogen-bond acceptors (Lipinski definition) is 4. The molecule has 0 heterocycles. The van der Waals surface area contributed by atoms with E-state index in [1.54, 1.807) is 7.11 Å². The van der Waals surface area contributed by atoms with Crippen LogP contribution >= 0.6 is 0 Å². The molecule has 0 bridgehead atoms. The molecule has 28 heavy (non-hydrogen) atoms. The normalized spacial score (nSPS) is 10.9. The molecule has 0 radical (unpaired) electrons. The van der Waals surface area contributed by atoms with Gasteiger partial charge in [-0.2, -0.15) is 13.2 Å². The van der Waals surface area contributed by atoms with E-state index in [9.17, 15) is 18.0 Å². The third-order valence-corrected chi connectivity index (χ3v) is 3.69. The number of amides is 2. The van der Waals surface area contributed by atoms with Crippen molar-refractivity contribution in [1.82, 2.24) is 5.32 Å². The minimum Gasteiger partial charge on any atom is -0.496 e. The molecule has 0 unspecified atom stereocenters. The molecule has 0 atom stereocenters. The molecule has 0 fully saturated rings. The van der Waals surface area contributed by atoms with Crippen LogP contribution in [-0.4, -0.2) is 39.6 Å². The topological polar surface area (TPSA) is 68.8 Å². The van der Waals surface area contributed by atoms with Crippen LogP contribution in [0, 0.1) is 0 Å².